The van der Waals surface area contributed by atoms with Crippen molar-refractivity contribution in [2.45, 2.75) is 10.9 Å². The molecular weight excluding hydrogens is 232 g/mol. The lowest BCUT2D eigenvalue weighted by molar-refractivity contribution is 0.631. The number of nitrogens with two attached hydrogens (primary N) is 1. The monoisotopic (exact) mass is 246 g/mol. The second-order valence-corrected chi connectivity index (χ2v) is 4.42. The maximum Gasteiger partial charge on any atom is 0.115 e. The van der Waals surface area contributed by atoms with Gasteiger partial charge in [0.25, 0.3) is 0 Å². The predicted octanol–water partition coefficient (Wildman–Crippen LogP) is 1.75. The number of nitrogens with one attached hydrogen (secondary N) is 1. The zero-order valence-corrected chi connectivity index (χ0v) is 10.3. The largest absolute Gasteiger partial charge is 0.271 e. The maximum atomic E-state index is 5.60. The Hall–Kier alpha value is -1.43. The van der Waals surface area contributed by atoms with Crippen molar-refractivity contribution in [2.24, 2.45) is 5.84 Å². The molecule has 0 amide bonds. The Bertz CT molecular complexity index is 458. The lowest BCUT2D eigenvalue weighted by atomic mass is 10.0. The molecule has 5 heteroatoms. The van der Waals surface area contributed by atoms with Gasteiger partial charge in [0.1, 0.15) is 6.33 Å². The van der Waals surface area contributed by atoms with E-state index in [0.717, 1.165) is 11.1 Å². The van der Waals surface area contributed by atoms with Crippen LogP contribution in [0.4, 0.5) is 0 Å². The molecule has 1 heterocycles. The fraction of sp³-hybridized carbons (Fsp3) is 0.167. The van der Waals surface area contributed by atoms with E-state index >= 15 is 0 Å². The van der Waals surface area contributed by atoms with Crippen LogP contribution < -0.4 is 11.3 Å². The summed E-state index contributed by atoms with van der Waals surface area (Å²) in [5.74, 6) is 5.60. The van der Waals surface area contributed by atoms with Crippen LogP contribution in [0.3, 0.4) is 0 Å². The van der Waals surface area contributed by atoms with Crippen molar-refractivity contribution < 1.29 is 0 Å². The summed E-state index contributed by atoms with van der Waals surface area (Å²) in [4.78, 5) is 9.23. The van der Waals surface area contributed by atoms with E-state index in [2.05, 4.69) is 45.9 Å². The highest BCUT2D eigenvalue weighted by Crippen LogP contribution is 2.22. The molecule has 2 rings (SSSR count). The molecule has 0 fully saturated rings. The average Bonchev–Trinajstić information content (AvgIpc) is 2.42. The quantitative estimate of drug-likeness (QED) is 0.489. The van der Waals surface area contributed by atoms with Crippen molar-refractivity contribution in [3.63, 3.8) is 0 Å². The van der Waals surface area contributed by atoms with Crippen molar-refractivity contribution in [3.8, 4) is 0 Å². The molecule has 0 radical (unpaired) electrons. The highest BCUT2D eigenvalue weighted by Gasteiger charge is 2.12. The molecule has 4 nitrogen and oxygen atoms in total. The molecule has 0 saturated carbocycles. The van der Waals surface area contributed by atoms with Gasteiger partial charge in [-0.1, -0.05) is 12.1 Å². The van der Waals surface area contributed by atoms with Gasteiger partial charge in [-0.2, -0.15) is 0 Å². The number of thioether (sulfide) groups is 1. The van der Waals surface area contributed by atoms with E-state index in [1.807, 2.05) is 0 Å². The summed E-state index contributed by atoms with van der Waals surface area (Å²) in [5.41, 5.74) is 4.83. The Morgan fingerprint density at radius 3 is 2.29 bits per heavy atom. The number of rotatable bonds is 4. The zero-order chi connectivity index (χ0) is 12.1. The van der Waals surface area contributed by atoms with Gasteiger partial charge in [0.15, 0.2) is 0 Å². The van der Waals surface area contributed by atoms with E-state index in [-0.39, 0.29) is 6.04 Å². The molecule has 0 aliphatic heterocycles. The Kier molecular flexibility index (Phi) is 4.08. The molecule has 3 N–H and O–H groups in total. The first-order valence-electron chi connectivity index (χ1n) is 5.20. The molecule has 0 aliphatic rings. The molecule has 1 unspecified atom stereocenters. The van der Waals surface area contributed by atoms with E-state index in [1.54, 1.807) is 24.2 Å². The first kappa shape index (κ1) is 12.0. The molecule has 0 aliphatic carbocycles. The summed E-state index contributed by atoms with van der Waals surface area (Å²) >= 11 is 1.72. The molecule has 1 atom stereocenters. The third-order valence-corrected chi connectivity index (χ3v) is 3.27. The van der Waals surface area contributed by atoms with Crippen LogP contribution in [0.15, 0.2) is 47.9 Å². The van der Waals surface area contributed by atoms with Gasteiger partial charge in [-0.05, 0) is 24.0 Å². The minimum Gasteiger partial charge on any atom is -0.271 e. The molecule has 88 valence electrons. The van der Waals surface area contributed by atoms with Gasteiger partial charge >= 0.3 is 0 Å². The number of hydrogen-bond acceptors (Lipinski definition) is 5. The zero-order valence-electron chi connectivity index (χ0n) is 9.50. The van der Waals surface area contributed by atoms with Gasteiger partial charge in [0.05, 0.1) is 6.04 Å². The molecule has 0 saturated heterocycles. The number of hydrogen-bond donors (Lipinski definition) is 2. The van der Waals surface area contributed by atoms with Gasteiger partial charge in [-0.15, -0.1) is 11.8 Å². The molecule has 1 aromatic heterocycles. The Morgan fingerprint density at radius 1 is 1.12 bits per heavy atom. The first-order chi connectivity index (χ1) is 8.35. The van der Waals surface area contributed by atoms with E-state index < -0.39 is 0 Å². The van der Waals surface area contributed by atoms with Crippen LogP contribution in [0.1, 0.15) is 17.2 Å². The minimum atomic E-state index is -0.0768. The third-order valence-electron chi connectivity index (χ3n) is 2.53. The maximum absolute atomic E-state index is 5.60. The average molecular weight is 246 g/mol. The standard InChI is InChI=1S/C12H14N4S/c1-17-11-4-2-9(3-5-11)12(16-13)10-6-14-8-15-7-10/h2-8,12,16H,13H2,1H3. The van der Waals surface area contributed by atoms with E-state index in [1.165, 1.54) is 11.2 Å². The third kappa shape index (κ3) is 2.82. The molecular formula is C12H14N4S. The summed E-state index contributed by atoms with van der Waals surface area (Å²) in [6, 6.07) is 8.20. The summed E-state index contributed by atoms with van der Waals surface area (Å²) in [6.45, 7) is 0. The summed E-state index contributed by atoms with van der Waals surface area (Å²) in [7, 11) is 0. The fourth-order valence-electron chi connectivity index (χ4n) is 1.64. The summed E-state index contributed by atoms with van der Waals surface area (Å²) < 4.78 is 0. The molecule has 1 aromatic carbocycles. The van der Waals surface area contributed by atoms with E-state index in [9.17, 15) is 0 Å². The normalized spacial score (nSPS) is 12.4. The number of aromatic nitrogens is 2. The van der Waals surface area contributed by atoms with Crippen molar-refractivity contribution >= 4 is 11.8 Å². The molecule has 2 aromatic rings. The van der Waals surface area contributed by atoms with Crippen LogP contribution >= 0.6 is 11.8 Å². The van der Waals surface area contributed by atoms with Gasteiger partial charge < -0.3 is 0 Å². The van der Waals surface area contributed by atoms with Gasteiger partial charge in [0, 0.05) is 22.9 Å². The van der Waals surface area contributed by atoms with Crippen LogP contribution in [0, 0.1) is 0 Å². The van der Waals surface area contributed by atoms with Crippen molar-refractivity contribution in [2.75, 3.05) is 6.26 Å². The van der Waals surface area contributed by atoms with Crippen molar-refractivity contribution in [3.05, 3.63) is 54.1 Å². The topological polar surface area (TPSA) is 63.8 Å². The summed E-state index contributed by atoms with van der Waals surface area (Å²) in [6.07, 6.45) is 7.09. The van der Waals surface area contributed by atoms with Gasteiger partial charge in [0.2, 0.25) is 0 Å². The van der Waals surface area contributed by atoms with Gasteiger partial charge in [-0.3, -0.25) is 5.84 Å². The van der Waals surface area contributed by atoms with Crippen LogP contribution in [-0.2, 0) is 0 Å². The molecule has 17 heavy (non-hydrogen) atoms. The van der Waals surface area contributed by atoms with Crippen LogP contribution in [0.2, 0.25) is 0 Å². The minimum absolute atomic E-state index is 0.0768. The van der Waals surface area contributed by atoms with E-state index in [4.69, 9.17) is 5.84 Å². The fourth-order valence-corrected chi connectivity index (χ4v) is 2.05. The second kappa shape index (κ2) is 5.77. The predicted molar refractivity (Wildman–Crippen MR) is 69.4 cm³/mol. The molecule has 0 bridgehead atoms. The smallest absolute Gasteiger partial charge is 0.115 e. The van der Waals surface area contributed by atoms with Crippen molar-refractivity contribution in [1.82, 2.24) is 15.4 Å². The Labute approximate surface area is 105 Å². The van der Waals surface area contributed by atoms with Crippen LogP contribution in [0.5, 0.6) is 0 Å². The summed E-state index contributed by atoms with van der Waals surface area (Å²) in [5, 5.41) is 0. The second-order valence-electron chi connectivity index (χ2n) is 3.54. The first-order valence-corrected chi connectivity index (χ1v) is 6.42. The van der Waals surface area contributed by atoms with Gasteiger partial charge in [-0.25, -0.2) is 15.4 Å². The van der Waals surface area contributed by atoms with E-state index in [0.29, 0.717) is 0 Å². The lowest BCUT2D eigenvalue weighted by Gasteiger charge is -2.16. The Balaban J connectivity index is 2.29. The lowest BCUT2D eigenvalue weighted by Crippen LogP contribution is -2.29. The Morgan fingerprint density at radius 2 is 1.76 bits per heavy atom. The number of hydrazine groups is 1. The highest BCUT2D eigenvalue weighted by atomic mass is 32.2. The van der Waals surface area contributed by atoms with Crippen LogP contribution in [0.25, 0.3) is 0 Å². The number of nitrogens with zero attached hydrogens (tertiary/aromatic N) is 2. The van der Waals surface area contributed by atoms with Crippen LogP contribution in [-0.4, -0.2) is 16.2 Å². The SMILES string of the molecule is CSc1ccc(C(NN)c2cncnc2)cc1. The van der Waals surface area contributed by atoms with Crippen molar-refractivity contribution in [1.29, 1.82) is 0 Å². The highest BCUT2D eigenvalue weighted by molar-refractivity contribution is 7.98. The number of benzene rings is 1. The molecule has 0 spiro atoms.